The fourth-order valence-corrected chi connectivity index (χ4v) is 5.13. The van der Waals surface area contributed by atoms with Crippen molar-refractivity contribution in [1.29, 1.82) is 0 Å². The van der Waals surface area contributed by atoms with E-state index in [9.17, 15) is 4.79 Å². The predicted molar refractivity (Wildman–Crippen MR) is 127 cm³/mol. The van der Waals surface area contributed by atoms with Crippen LogP contribution < -0.4 is 11.1 Å². The zero-order valence-electron chi connectivity index (χ0n) is 16.4. The number of carbonyl (C=O) groups is 1. The van der Waals surface area contributed by atoms with Crippen LogP contribution in [0.2, 0.25) is 0 Å². The molecule has 0 aliphatic rings. The molecule has 1 amide bonds. The molecule has 2 aromatic carbocycles. The first-order chi connectivity index (χ1) is 15.0. The standard InChI is InChI=1S/C22H17BrN6OS/c1-12(13-6-3-2-4-7-13)29-16-9-5-8-15(17(16)20(23)28-29)27-22(30)14-10-31-19-18(14)25-11-26-21(19)24/h2-12H,1H3,(H,27,30)(H2,24,25,26). The zero-order valence-corrected chi connectivity index (χ0v) is 18.8. The van der Waals surface area contributed by atoms with Crippen LogP contribution in [0.5, 0.6) is 0 Å². The van der Waals surface area contributed by atoms with Crippen LogP contribution >= 0.6 is 27.3 Å². The number of nitrogens with zero attached hydrogens (tertiary/aromatic N) is 4. The van der Waals surface area contributed by atoms with Gasteiger partial charge in [0.15, 0.2) is 0 Å². The number of halogens is 1. The number of nitrogen functional groups attached to an aromatic ring is 1. The number of rotatable bonds is 4. The molecule has 3 heterocycles. The number of aromatic nitrogens is 4. The minimum Gasteiger partial charge on any atom is -0.382 e. The minimum absolute atomic E-state index is 0.0291. The van der Waals surface area contributed by atoms with Gasteiger partial charge in [-0.05, 0) is 40.5 Å². The SMILES string of the molecule is CC(c1ccccc1)n1nc(Br)c2c(NC(=O)c3csc4c(N)ncnc34)cccc21. The second-order valence-electron chi connectivity index (χ2n) is 7.06. The Balaban J connectivity index is 1.54. The van der Waals surface area contributed by atoms with E-state index in [-0.39, 0.29) is 11.9 Å². The van der Waals surface area contributed by atoms with Crippen molar-refractivity contribution in [3.05, 3.63) is 76.0 Å². The van der Waals surface area contributed by atoms with E-state index < -0.39 is 0 Å². The Hall–Kier alpha value is -3.30. The first-order valence-electron chi connectivity index (χ1n) is 9.55. The Kier molecular flexibility index (Phi) is 4.91. The van der Waals surface area contributed by atoms with Crippen molar-refractivity contribution >= 4 is 65.8 Å². The van der Waals surface area contributed by atoms with Gasteiger partial charge >= 0.3 is 0 Å². The van der Waals surface area contributed by atoms with Gasteiger partial charge in [-0.2, -0.15) is 5.10 Å². The van der Waals surface area contributed by atoms with E-state index in [2.05, 4.69) is 50.3 Å². The maximum absolute atomic E-state index is 13.1. The highest BCUT2D eigenvalue weighted by Crippen LogP contribution is 2.34. The van der Waals surface area contributed by atoms with Crippen LogP contribution in [0.15, 0.2) is 64.8 Å². The number of hydrogen-bond acceptors (Lipinski definition) is 6. The molecule has 0 aliphatic carbocycles. The summed E-state index contributed by atoms with van der Waals surface area (Å²) in [5.41, 5.74) is 9.66. The monoisotopic (exact) mass is 492 g/mol. The molecule has 0 fully saturated rings. The fourth-order valence-electron chi connectivity index (χ4n) is 3.64. The van der Waals surface area contributed by atoms with Gasteiger partial charge in [0.05, 0.1) is 38.4 Å². The smallest absolute Gasteiger partial charge is 0.258 e. The van der Waals surface area contributed by atoms with E-state index in [4.69, 9.17) is 10.8 Å². The largest absolute Gasteiger partial charge is 0.382 e. The molecular formula is C22H17BrN6OS. The van der Waals surface area contributed by atoms with Crippen LogP contribution in [0.3, 0.4) is 0 Å². The van der Waals surface area contributed by atoms with Crippen LogP contribution in [0.25, 0.3) is 21.1 Å². The molecule has 5 aromatic rings. The summed E-state index contributed by atoms with van der Waals surface area (Å²) >= 11 is 4.93. The number of hydrogen-bond donors (Lipinski definition) is 2. The van der Waals surface area contributed by atoms with Crippen molar-refractivity contribution in [2.45, 2.75) is 13.0 Å². The molecule has 154 valence electrons. The van der Waals surface area contributed by atoms with E-state index in [1.807, 2.05) is 41.1 Å². The van der Waals surface area contributed by atoms with Gasteiger partial charge < -0.3 is 11.1 Å². The van der Waals surface area contributed by atoms with Crippen molar-refractivity contribution in [3.8, 4) is 0 Å². The summed E-state index contributed by atoms with van der Waals surface area (Å²) < 4.78 is 3.33. The number of fused-ring (bicyclic) bond motifs is 2. The summed E-state index contributed by atoms with van der Waals surface area (Å²) in [4.78, 5) is 21.3. The molecule has 9 heteroatoms. The highest BCUT2D eigenvalue weighted by Gasteiger charge is 2.20. The summed E-state index contributed by atoms with van der Waals surface area (Å²) in [5.74, 6) is 0.114. The first-order valence-corrected chi connectivity index (χ1v) is 11.2. The van der Waals surface area contributed by atoms with Gasteiger partial charge in [0.2, 0.25) is 0 Å². The molecule has 5 rings (SSSR count). The summed E-state index contributed by atoms with van der Waals surface area (Å²) in [6.07, 6.45) is 1.37. The molecule has 1 atom stereocenters. The maximum atomic E-state index is 13.1. The summed E-state index contributed by atoms with van der Waals surface area (Å²) in [6, 6.07) is 16.0. The van der Waals surface area contributed by atoms with Crippen molar-refractivity contribution in [2.75, 3.05) is 11.1 Å². The molecule has 0 spiro atoms. The summed E-state index contributed by atoms with van der Waals surface area (Å²) in [6.45, 7) is 2.10. The summed E-state index contributed by atoms with van der Waals surface area (Å²) in [7, 11) is 0. The number of nitrogens with one attached hydrogen (secondary N) is 1. The van der Waals surface area contributed by atoms with E-state index in [1.165, 1.54) is 17.7 Å². The summed E-state index contributed by atoms with van der Waals surface area (Å²) in [5, 5.41) is 10.3. The van der Waals surface area contributed by atoms with Crippen LogP contribution in [0.1, 0.15) is 28.9 Å². The predicted octanol–water partition coefficient (Wildman–Crippen LogP) is 5.25. The van der Waals surface area contributed by atoms with Crippen LogP contribution in [0, 0.1) is 0 Å². The minimum atomic E-state index is -0.257. The molecule has 0 saturated carbocycles. The first kappa shape index (κ1) is 19.7. The third kappa shape index (κ3) is 3.35. The topological polar surface area (TPSA) is 98.7 Å². The third-order valence-corrected chi connectivity index (χ3v) is 6.76. The average Bonchev–Trinajstić information content (AvgIpc) is 3.37. The molecule has 0 radical (unpaired) electrons. The third-order valence-electron chi connectivity index (χ3n) is 5.21. The number of anilines is 2. The number of benzene rings is 2. The lowest BCUT2D eigenvalue weighted by Crippen LogP contribution is -2.12. The molecule has 3 aromatic heterocycles. The van der Waals surface area contributed by atoms with E-state index in [0.717, 1.165) is 16.5 Å². The second-order valence-corrected chi connectivity index (χ2v) is 8.69. The Morgan fingerprint density at radius 1 is 1.16 bits per heavy atom. The molecule has 7 nitrogen and oxygen atoms in total. The average molecular weight is 493 g/mol. The second kappa shape index (κ2) is 7.75. The Morgan fingerprint density at radius 2 is 1.97 bits per heavy atom. The lowest BCUT2D eigenvalue weighted by molar-refractivity contribution is 0.102. The fraction of sp³-hybridized carbons (Fsp3) is 0.0909. The van der Waals surface area contributed by atoms with Gasteiger partial charge in [0.1, 0.15) is 16.7 Å². The molecule has 1 unspecified atom stereocenters. The quantitative estimate of drug-likeness (QED) is 0.357. The highest BCUT2D eigenvalue weighted by atomic mass is 79.9. The molecule has 3 N–H and O–H groups in total. The van der Waals surface area contributed by atoms with E-state index in [0.29, 0.717) is 31.9 Å². The highest BCUT2D eigenvalue weighted by molar-refractivity contribution is 9.10. The molecule has 0 saturated heterocycles. The van der Waals surface area contributed by atoms with Crippen LogP contribution in [0.4, 0.5) is 11.5 Å². The zero-order chi connectivity index (χ0) is 21.5. The Bertz CT molecular complexity index is 1430. The number of thiophene rings is 1. The molecular weight excluding hydrogens is 476 g/mol. The van der Waals surface area contributed by atoms with Crippen molar-refractivity contribution in [3.63, 3.8) is 0 Å². The Morgan fingerprint density at radius 3 is 2.77 bits per heavy atom. The molecule has 0 aliphatic heterocycles. The molecule has 0 bridgehead atoms. The van der Waals surface area contributed by atoms with Crippen molar-refractivity contribution in [2.24, 2.45) is 0 Å². The number of amides is 1. The van der Waals surface area contributed by atoms with E-state index >= 15 is 0 Å². The van der Waals surface area contributed by atoms with Gasteiger partial charge in [-0.3, -0.25) is 9.48 Å². The van der Waals surface area contributed by atoms with Gasteiger partial charge in [0, 0.05) is 5.38 Å². The van der Waals surface area contributed by atoms with Crippen LogP contribution in [-0.2, 0) is 0 Å². The van der Waals surface area contributed by atoms with E-state index in [1.54, 1.807) is 5.38 Å². The van der Waals surface area contributed by atoms with Crippen molar-refractivity contribution in [1.82, 2.24) is 19.7 Å². The van der Waals surface area contributed by atoms with Gasteiger partial charge in [-0.25, -0.2) is 9.97 Å². The normalized spacial score (nSPS) is 12.3. The Labute approximate surface area is 190 Å². The van der Waals surface area contributed by atoms with Crippen molar-refractivity contribution < 1.29 is 4.79 Å². The lowest BCUT2D eigenvalue weighted by Gasteiger charge is -2.14. The number of carbonyl (C=O) groups excluding carboxylic acids is 1. The molecule has 31 heavy (non-hydrogen) atoms. The van der Waals surface area contributed by atoms with Crippen LogP contribution in [-0.4, -0.2) is 25.7 Å². The lowest BCUT2D eigenvalue weighted by atomic mass is 10.1. The maximum Gasteiger partial charge on any atom is 0.258 e. The van der Waals surface area contributed by atoms with Gasteiger partial charge in [0.25, 0.3) is 5.91 Å². The van der Waals surface area contributed by atoms with Gasteiger partial charge in [-0.15, -0.1) is 11.3 Å². The number of nitrogens with two attached hydrogens (primary N) is 1. The van der Waals surface area contributed by atoms with Gasteiger partial charge in [-0.1, -0.05) is 36.4 Å².